The molecule has 0 spiro atoms. The Labute approximate surface area is 90.2 Å². The molecular weight excluding hydrogens is 198 g/mol. The topological polar surface area (TPSA) is 35.6 Å². The van der Waals surface area contributed by atoms with Crippen LogP contribution in [0.5, 0.6) is 0 Å². The van der Waals surface area contributed by atoms with E-state index >= 15 is 0 Å². The van der Waals surface area contributed by atoms with Gasteiger partial charge in [0.1, 0.15) is 0 Å². The third-order valence-electron chi connectivity index (χ3n) is 2.38. The Bertz CT molecular complexity index is 208. The van der Waals surface area contributed by atoms with Crippen molar-refractivity contribution in [2.45, 2.75) is 12.8 Å². The molecule has 2 fully saturated rings. The zero-order valence-corrected chi connectivity index (χ0v) is 9.56. The van der Waals surface area contributed by atoms with E-state index in [-0.39, 0.29) is 0 Å². The van der Waals surface area contributed by atoms with Crippen LogP contribution in [0.4, 0.5) is 0 Å². The number of carbonyl (C=O) groups excluding carboxylic acids is 1. The number of likely N-dealkylation sites (tertiary alicyclic amines) is 1. The third-order valence-corrected chi connectivity index (χ3v) is 2.84. The van der Waals surface area contributed by atoms with Gasteiger partial charge in [-0.3, -0.25) is 4.79 Å². The molecule has 80 valence electrons. The summed E-state index contributed by atoms with van der Waals surface area (Å²) in [5, 5.41) is 3.90. The van der Waals surface area contributed by atoms with Gasteiger partial charge in [-0.25, -0.2) is 0 Å². The molecule has 2 aliphatic rings. The Kier molecular flexibility index (Phi) is 4.13. The van der Waals surface area contributed by atoms with Crippen molar-refractivity contribution < 1.29 is 4.79 Å². The van der Waals surface area contributed by atoms with E-state index in [4.69, 9.17) is 12.2 Å². The molecule has 2 aliphatic heterocycles. The fourth-order valence-electron chi connectivity index (χ4n) is 1.35. The predicted octanol–water partition coefficient (Wildman–Crippen LogP) is 0.0449. The normalized spacial score (nSPS) is 20.7. The van der Waals surface area contributed by atoms with Gasteiger partial charge in [0.15, 0.2) is 5.11 Å². The Morgan fingerprint density at radius 3 is 2.14 bits per heavy atom. The number of thiocarbonyl (C=S) groups is 1. The summed E-state index contributed by atoms with van der Waals surface area (Å²) < 4.78 is 0. The molecule has 2 rings (SSSR count). The highest BCUT2D eigenvalue weighted by molar-refractivity contribution is 7.80. The molecule has 0 saturated carbocycles. The fourth-order valence-corrected chi connectivity index (χ4v) is 1.54. The zero-order valence-electron chi connectivity index (χ0n) is 8.75. The summed E-state index contributed by atoms with van der Waals surface area (Å²) in [5.41, 5.74) is 0. The van der Waals surface area contributed by atoms with Gasteiger partial charge in [0, 0.05) is 40.2 Å². The Balaban J connectivity index is 0.000000140. The van der Waals surface area contributed by atoms with E-state index in [2.05, 4.69) is 5.32 Å². The monoisotopic (exact) mass is 215 g/mol. The second kappa shape index (κ2) is 5.14. The first kappa shape index (κ1) is 11.2. The number of likely N-dealkylation sites (N-methyl/N-ethyl adjacent to an activating group) is 1. The van der Waals surface area contributed by atoms with E-state index in [9.17, 15) is 4.79 Å². The molecule has 14 heavy (non-hydrogen) atoms. The number of hydrogen-bond acceptors (Lipinski definition) is 2. The highest BCUT2D eigenvalue weighted by Gasteiger charge is 2.14. The lowest BCUT2D eigenvalue weighted by Gasteiger charge is -2.05. The minimum Gasteiger partial charge on any atom is -0.361 e. The number of rotatable bonds is 0. The summed E-state index contributed by atoms with van der Waals surface area (Å²) in [5.74, 6) is 0.292. The molecule has 2 saturated heterocycles. The highest BCUT2D eigenvalue weighted by atomic mass is 32.1. The van der Waals surface area contributed by atoms with Crippen molar-refractivity contribution in [2.75, 3.05) is 33.7 Å². The first-order valence-corrected chi connectivity index (χ1v) is 5.25. The first-order valence-electron chi connectivity index (χ1n) is 4.84. The first-order chi connectivity index (χ1) is 6.61. The van der Waals surface area contributed by atoms with Crippen molar-refractivity contribution in [3.63, 3.8) is 0 Å². The highest BCUT2D eigenvalue weighted by Crippen LogP contribution is 2.04. The number of nitrogens with zero attached hydrogens (tertiary/aromatic N) is 2. The van der Waals surface area contributed by atoms with Crippen LogP contribution in [0.1, 0.15) is 12.8 Å². The molecule has 0 atom stereocenters. The van der Waals surface area contributed by atoms with E-state index in [1.807, 2.05) is 19.0 Å². The van der Waals surface area contributed by atoms with Crippen molar-refractivity contribution in [1.82, 2.24) is 15.1 Å². The molecule has 0 aromatic rings. The van der Waals surface area contributed by atoms with E-state index < -0.39 is 0 Å². The van der Waals surface area contributed by atoms with Crippen LogP contribution < -0.4 is 5.32 Å². The van der Waals surface area contributed by atoms with Crippen LogP contribution in [0.3, 0.4) is 0 Å². The minimum atomic E-state index is 0.292. The Morgan fingerprint density at radius 1 is 1.29 bits per heavy atom. The maximum absolute atomic E-state index is 10.5. The van der Waals surface area contributed by atoms with Crippen molar-refractivity contribution in [3.05, 3.63) is 0 Å². The van der Waals surface area contributed by atoms with Crippen LogP contribution in [0.25, 0.3) is 0 Å². The van der Waals surface area contributed by atoms with E-state index in [0.717, 1.165) is 37.6 Å². The maximum Gasteiger partial charge on any atom is 0.222 e. The van der Waals surface area contributed by atoms with Gasteiger partial charge in [-0.15, -0.1) is 0 Å². The number of nitrogens with one attached hydrogen (secondary N) is 1. The average molecular weight is 215 g/mol. The van der Waals surface area contributed by atoms with Gasteiger partial charge in [-0.1, -0.05) is 0 Å². The van der Waals surface area contributed by atoms with Crippen LogP contribution in [-0.2, 0) is 4.79 Å². The summed E-state index contributed by atoms with van der Waals surface area (Å²) in [6.07, 6.45) is 1.81. The summed E-state index contributed by atoms with van der Waals surface area (Å²) >= 11 is 4.86. The summed E-state index contributed by atoms with van der Waals surface area (Å²) in [4.78, 5) is 14.3. The quantitative estimate of drug-likeness (QED) is 0.579. The van der Waals surface area contributed by atoms with E-state index in [1.165, 1.54) is 0 Å². The van der Waals surface area contributed by atoms with E-state index in [1.54, 1.807) is 4.90 Å². The fraction of sp³-hybridized carbons (Fsp3) is 0.778. The molecule has 0 bridgehead atoms. The molecule has 0 aromatic heterocycles. The lowest BCUT2D eigenvalue weighted by Crippen LogP contribution is -2.22. The van der Waals surface area contributed by atoms with Gasteiger partial charge in [-0.2, -0.15) is 0 Å². The molecule has 4 nitrogen and oxygen atoms in total. The predicted molar refractivity (Wildman–Crippen MR) is 60.1 cm³/mol. The lowest BCUT2D eigenvalue weighted by atomic mass is 10.4. The molecule has 2 heterocycles. The molecule has 0 aliphatic carbocycles. The molecule has 0 aromatic carbocycles. The van der Waals surface area contributed by atoms with Gasteiger partial charge in [0.2, 0.25) is 5.91 Å². The second-order valence-corrected chi connectivity index (χ2v) is 3.96. The van der Waals surface area contributed by atoms with Crippen LogP contribution >= 0.6 is 12.2 Å². The van der Waals surface area contributed by atoms with Crippen LogP contribution in [0.2, 0.25) is 0 Å². The van der Waals surface area contributed by atoms with Gasteiger partial charge in [0.05, 0.1) is 0 Å². The number of amides is 1. The van der Waals surface area contributed by atoms with Gasteiger partial charge in [0.25, 0.3) is 0 Å². The van der Waals surface area contributed by atoms with Crippen molar-refractivity contribution in [3.8, 4) is 0 Å². The number of carbonyl (C=O) groups is 1. The van der Waals surface area contributed by atoms with Crippen LogP contribution in [0.15, 0.2) is 0 Å². The molecule has 0 unspecified atom stereocenters. The van der Waals surface area contributed by atoms with Crippen LogP contribution in [0, 0.1) is 0 Å². The SMILES string of the molecule is CN1CCCC1=O.CN1CCNC1=S. The van der Waals surface area contributed by atoms with Crippen molar-refractivity contribution in [2.24, 2.45) is 0 Å². The largest absolute Gasteiger partial charge is 0.361 e. The average Bonchev–Trinajstić information content (AvgIpc) is 2.67. The summed E-state index contributed by atoms with van der Waals surface area (Å²) in [7, 11) is 3.83. The van der Waals surface area contributed by atoms with Gasteiger partial charge >= 0.3 is 0 Å². The molecule has 1 N–H and O–H groups in total. The van der Waals surface area contributed by atoms with Crippen molar-refractivity contribution in [1.29, 1.82) is 0 Å². The second-order valence-electron chi connectivity index (χ2n) is 3.57. The van der Waals surface area contributed by atoms with Crippen LogP contribution in [-0.4, -0.2) is 54.5 Å². The molecule has 1 amide bonds. The standard InChI is InChI=1S/C5H9NO.C4H8N2S/c1-6-4-2-3-5(6)7;1-6-3-2-5-4(6)7/h2-4H2,1H3;2-3H2,1H3,(H,5,7). The maximum atomic E-state index is 10.5. The smallest absolute Gasteiger partial charge is 0.222 e. The molecular formula is C9H17N3OS. The minimum absolute atomic E-state index is 0.292. The molecule has 5 heteroatoms. The van der Waals surface area contributed by atoms with E-state index in [0.29, 0.717) is 5.91 Å². The van der Waals surface area contributed by atoms with Gasteiger partial charge in [-0.05, 0) is 18.6 Å². The Hall–Kier alpha value is -0.840. The van der Waals surface area contributed by atoms with Gasteiger partial charge < -0.3 is 15.1 Å². The number of hydrogen-bond donors (Lipinski definition) is 1. The van der Waals surface area contributed by atoms with Crippen molar-refractivity contribution >= 4 is 23.2 Å². The zero-order chi connectivity index (χ0) is 10.6. The third kappa shape index (κ3) is 3.14. The summed E-state index contributed by atoms with van der Waals surface area (Å²) in [6.45, 7) is 3.02. The lowest BCUT2D eigenvalue weighted by molar-refractivity contribution is -0.126. The Morgan fingerprint density at radius 2 is 2.00 bits per heavy atom. The molecule has 0 radical (unpaired) electrons. The summed E-state index contributed by atoms with van der Waals surface area (Å²) in [6, 6.07) is 0.